The van der Waals surface area contributed by atoms with Crippen LogP contribution in [-0.2, 0) is 18.8 Å². The van der Waals surface area contributed by atoms with Gasteiger partial charge < -0.3 is 14.0 Å². The van der Waals surface area contributed by atoms with Gasteiger partial charge in [-0.2, -0.15) is 0 Å². The molecule has 6 heteroatoms. The minimum Gasteiger partial charge on any atom is -0.496 e. The zero-order chi connectivity index (χ0) is 21.8. The van der Waals surface area contributed by atoms with Crippen LogP contribution in [0.4, 0.5) is 0 Å². The van der Waals surface area contributed by atoms with E-state index in [1.807, 2.05) is 73.1 Å². The standard InChI is InChI=1S/C26H24N4O2/c1-31-24-10-6-5-7-20(24)17-28-26(19-30-16-15-27-25(30)18-29-26)21-11-13-23(14-12-21)32-22-8-3-2-4-9-22/h2-16,18,28H,17,19H2,1H3. The maximum absolute atomic E-state index is 5.97. The van der Waals surface area contributed by atoms with Crippen LogP contribution in [0.1, 0.15) is 17.0 Å². The number of ether oxygens (including phenoxy) is 2. The van der Waals surface area contributed by atoms with Crippen molar-refractivity contribution in [3.05, 3.63) is 108 Å². The number of rotatable bonds is 7. The summed E-state index contributed by atoms with van der Waals surface area (Å²) < 4.78 is 13.6. The number of aromatic nitrogens is 2. The number of aliphatic imine (C=N–C) groups is 1. The van der Waals surface area contributed by atoms with Crippen molar-refractivity contribution in [1.29, 1.82) is 0 Å². The van der Waals surface area contributed by atoms with Crippen LogP contribution in [0, 0.1) is 0 Å². The summed E-state index contributed by atoms with van der Waals surface area (Å²) in [5.41, 5.74) is 1.48. The number of methoxy groups -OCH3 is 1. The molecule has 1 unspecified atom stereocenters. The molecule has 0 radical (unpaired) electrons. The van der Waals surface area contributed by atoms with Gasteiger partial charge in [-0.3, -0.25) is 10.3 Å². The summed E-state index contributed by atoms with van der Waals surface area (Å²) in [4.78, 5) is 9.30. The van der Waals surface area contributed by atoms with Crippen molar-refractivity contribution in [2.75, 3.05) is 7.11 Å². The third-order valence-electron chi connectivity index (χ3n) is 5.62. The van der Waals surface area contributed by atoms with Crippen molar-refractivity contribution in [2.24, 2.45) is 4.99 Å². The van der Waals surface area contributed by atoms with E-state index < -0.39 is 5.66 Å². The highest BCUT2D eigenvalue weighted by atomic mass is 16.5. The first-order valence-corrected chi connectivity index (χ1v) is 10.5. The van der Waals surface area contributed by atoms with Crippen molar-refractivity contribution < 1.29 is 9.47 Å². The smallest absolute Gasteiger partial charge is 0.154 e. The number of nitrogens with zero attached hydrogens (tertiary/aromatic N) is 3. The molecule has 1 N–H and O–H groups in total. The third kappa shape index (κ3) is 4.00. The highest BCUT2D eigenvalue weighted by Gasteiger charge is 2.34. The summed E-state index contributed by atoms with van der Waals surface area (Å²) in [6.07, 6.45) is 5.61. The Morgan fingerprint density at radius 3 is 2.50 bits per heavy atom. The number of nitrogens with one attached hydrogen (secondary N) is 1. The first-order chi connectivity index (χ1) is 15.8. The molecule has 4 aromatic rings. The van der Waals surface area contributed by atoms with Crippen LogP contribution in [0.3, 0.4) is 0 Å². The number of para-hydroxylation sites is 2. The predicted molar refractivity (Wildman–Crippen MR) is 124 cm³/mol. The average Bonchev–Trinajstić information content (AvgIpc) is 3.31. The van der Waals surface area contributed by atoms with E-state index in [-0.39, 0.29) is 0 Å². The van der Waals surface area contributed by atoms with E-state index >= 15 is 0 Å². The lowest BCUT2D eigenvalue weighted by molar-refractivity contribution is 0.286. The lowest BCUT2D eigenvalue weighted by Gasteiger charge is -2.35. The molecule has 6 nitrogen and oxygen atoms in total. The Morgan fingerprint density at radius 1 is 0.938 bits per heavy atom. The topological polar surface area (TPSA) is 60.7 Å². The van der Waals surface area contributed by atoms with Crippen LogP contribution in [-0.4, -0.2) is 22.9 Å². The molecular formula is C26H24N4O2. The van der Waals surface area contributed by atoms with Gasteiger partial charge in [-0.05, 0) is 35.9 Å². The largest absolute Gasteiger partial charge is 0.496 e. The molecule has 0 saturated carbocycles. The van der Waals surface area contributed by atoms with Crippen molar-refractivity contribution in [3.63, 3.8) is 0 Å². The highest BCUT2D eigenvalue weighted by molar-refractivity contribution is 5.76. The maximum Gasteiger partial charge on any atom is 0.154 e. The Labute approximate surface area is 187 Å². The molecule has 1 atom stereocenters. The van der Waals surface area contributed by atoms with Gasteiger partial charge in [0.1, 0.15) is 17.2 Å². The first-order valence-electron chi connectivity index (χ1n) is 10.5. The van der Waals surface area contributed by atoms with Gasteiger partial charge in [0.2, 0.25) is 0 Å². The van der Waals surface area contributed by atoms with Crippen molar-refractivity contribution in [2.45, 2.75) is 18.8 Å². The van der Waals surface area contributed by atoms with E-state index in [1.54, 1.807) is 13.3 Å². The van der Waals surface area contributed by atoms with E-state index in [0.29, 0.717) is 13.1 Å². The number of benzene rings is 3. The molecule has 5 rings (SSSR count). The van der Waals surface area contributed by atoms with Crippen LogP contribution in [0.5, 0.6) is 17.2 Å². The SMILES string of the molecule is COc1ccccc1CNC1(c2ccc(Oc3ccccc3)cc2)Cn2ccnc2C=N1. The Balaban J connectivity index is 1.44. The van der Waals surface area contributed by atoms with Gasteiger partial charge in [-0.1, -0.05) is 48.5 Å². The number of hydrogen-bond acceptors (Lipinski definition) is 5. The summed E-state index contributed by atoms with van der Waals surface area (Å²) >= 11 is 0. The second-order valence-corrected chi connectivity index (χ2v) is 7.64. The van der Waals surface area contributed by atoms with Crippen LogP contribution < -0.4 is 14.8 Å². The molecule has 0 spiro atoms. The van der Waals surface area contributed by atoms with Crippen LogP contribution in [0.25, 0.3) is 0 Å². The summed E-state index contributed by atoms with van der Waals surface area (Å²) in [5.74, 6) is 3.29. The molecule has 2 heterocycles. The van der Waals surface area contributed by atoms with E-state index in [2.05, 4.69) is 33.1 Å². The lowest BCUT2D eigenvalue weighted by Crippen LogP contribution is -2.46. The van der Waals surface area contributed by atoms with Crippen molar-refractivity contribution in [1.82, 2.24) is 14.9 Å². The molecule has 0 fully saturated rings. The fraction of sp³-hybridized carbons (Fsp3) is 0.154. The molecule has 3 aromatic carbocycles. The Hall–Kier alpha value is -3.90. The zero-order valence-electron chi connectivity index (χ0n) is 17.8. The Morgan fingerprint density at radius 2 is 1.69 bits per heavy atom. The fourth-order valence-corrected chi connectivity index (χ4v) is 3.92. The quantitative estimate of drug-likeness (QED) is 0.465. The van der Waals surface area contributed by atoms with E-state index in [9.17, 15) is 0 Å². The van der Waals surface area contributed by atoms with E-state index in [1.165, 1.54) is 0 Å². The van der Waals surface area contributed by atoms with Crippen LogP contribution in [0.2, 0.25) is 0 Å². The Kier molecular flexibility index (Phi) is 5.44. The van der Waals surface area contributed by atoms with Gasteiger partial charge in [-0.25, -0.2) is 4.98 Å². The molecule has 0 aliphatic carbocycles. The van der Waals surface area contributed by atoms with Crippen molar-refractivity contribution >= 4 is 6.21 Å². The number of hydrogen-bond donors (Lipinski definition) is 1. The average molecular weight is 425 g/mol. The predicted octanol–water partition coefficient (Wildman–Crippen LogP) is 4.76. The van der Waals surface area contributed by atoms with Crippen molar-refractivity contribution in [3.8, 4) is 17.2 Å². The zero-order valence-corrected chi connectivity index (χ0v) is 17.8. The minimum atomic E-state index is -0.639. The van der Waals surface area contributed by atoms with Crippen LogP contribution >= 0.6 is 0 Å². The van der Waals surface area contributed by atoms with E-state index in [0.717, 1.165) is 34.2 Å². The van der Waals surface area contributed by atoms with Gasteiger partial charge in [0.05, 0.1) is 19.9 Å². The minimum absolute atomic E-state index is 0.605. The molecule has 1 aromatic heterocycles. The molecule has 32 heavy (non-hydrogen) atoms. The fourth-order valence-electron chi connectivity index (χ4n) is 3.92. The molecule has 1 aliphatic heterocycles. The molecule has 0 saturated heterocycles. The molecular weight excluding hydrogens is 400 g/mol. The lowest BCUT2D eigenvalue weighted by atomic mass is 9.97. The molecule has 1 aliphatic rings. The van der Waals surface area contributed by atoms with E-state index in [4.69, 9.17) is 14.5 Å². The normalized spacial score (nSPS) is 17.0. The monoisotopic (exact) mass is 424 g/mol. The second kappa shape index (κ2) is 8.69. The maximum atomic E-state index is 5.97. The van der Waals surface area contributed by atoms with Gasteiger partial charge in [-0.15, -0.1) is 0 Å². The second-order valence-electron chi connectivity index (χ2n) is 7.64. The summed E-state index contributed by atoms with van der Waals surface area (Å²) in [6.45, 7) is 1.24. The number of fused-ring (bicyclic) bond motifs is 1. The van der Waals surface area contributed by atoms with Gasteiger partial charge in [0.15, 0.2) is 11.5 Å². The molecule has 0 amide bonds. The third-order valence-corrected chi connectivity index (χ3v) is 5.62. The molecule has 0 bridgehead atoms. The summed E-state index contributed by atoms with van der Waals surface area (Å²) in [5, 5.41) is 3.67. The van der Waals surface area contributed by atoms with Gasteiger partial charge in [0.25, 0.3) is 0 Å². The van der Waals surface area contributed by atoms with Crippen LogP contribution in [0.15, 0.2) is 96.2 Å². The number of imidazole rings is 1. The summed E-state index contributed by atoms with van der Waals surface area (Å²) in [6, 6.07) is 25.9. The summed E-state index contributed by atoms with van der Waals surface area (Å²) in [7, 11) is 1.69. The first kappa shape index (κ1) is 20.0. The Bertz CT molecular complexity index is 1220. The van der Waals surface area contributed by atoms with Gasteiger partial charge >= 0.3 is 0 Å². The molecule has 160 valence electrons. The highest BCUT2D eigenvalue weighted by Crippen LogP contribution is 2.32. The van der Waals surface area contributed by atoms with Gasteiger partial charge in [0, 0.05) is 24.5 Å².